The molecule has 0 unspecified atom stereocenters. The molecule has 2 aromatic carbocycles. The number of aryl methyl sites for hydroxylation is 1. The monoisotopic (exact) mass is 349 g/mol. The maximum Gasteiger partial charge on any atom is 0.255 e. The highest BCUT2D eigenvalue weighted by molar-refractivity contribution is 5.99. The van der Waals surface area contributed by atoms with Crippen molar-refractivity contribution in [2.45, 2.75) is 19.9 Å². The number of hydrogen-bond donors (Lipinski definition) is 2. The fraction of sp³-hybridized carbons (Fsp3) is 0.200. The molecule has 2 heterocycles. The Morgan fingerprint density at radius 2 is 1.88 bits per heavy atom. The molecule has 6 nitrogen and oxygen atoms in total. The van der Waals surface area contributed by atoms with Crippen molar-refractivity contribution in [1.29, 1.82) is 0 Å². The van der Waals surface area contributed by atoms with Crippen LogP contribution in [0.3, 0.4) is 0 Å². The summed E-state index contributed by atoms with van der Waals surface area (Å²) >= 11 is 0. The number of aromatic amines is 1. The lowest BCUT2D eigenvalue weighted by atomic mass is 10.0. The Kier molecular flexibility index (Phi) is 4.31. The van der Waals surface area contributed by atoms with E-state index in [0.717, 1.165) is 29.0 Å². The Morgan fingerprint density at radius 3 is 2.69 bits per heavy atom. The zero-order chi connectivity index (χ0) is 17.9. The average molecular weight is 349 g/mol. The largest absolute Gasteiger partial charge is 0.454 e. The molecule has 0 saturated heterocycles. The van der Waals surface area contributed by atoms with E-state index in [9.17, 15) is 4.79 Å². The summed E-state index contributed by atoms with van der Waals surface area (Å²) in [6, 6.07) is 13.8. The molecule has 4 rings (SSSR count). The summed E-state index contributed by atoms with van der Waals surface area (Å²) in [6.45, 7) is 2.75. The number of hydrogen-bond acceptors (Lipinski definition) is 4. The summed E-state index contributed by atoms with van der Waals surface area (Å²) in [7, 11) is 0. The maximum absolute atomic E-state index is 12.6. The summed E-state index contributed by atoms with van der Waals surface area (Å²) in [5.74, 6) is 1.26. The number of H-pyrrole nitrogens is 1. The number of carbonyl (C=O) groups is 1. The van der Waals surface area contributed by atoms with Gasteiger partial charge in [0.05, 0.1) is 17.5 Å². The van der Waals surface area contributed by atoms with Crippen LogP contribution in [0.2, 0.25) is 0 Å². The molecule has 132 valence electrons. The van der Waals surface area contributed by atoms with E-state index >= 15 is 0 Å². The van der Waals surface area contributed by atoms with Crippen molar-refractivity contribution in [2.75, 3.05) is 6.79 Å². The van der Waals surface area contributed by atoms with Gasteiger partial charge in [0.1, 0.15) is 0 Å². The van der Waals surface area contributed by atoms with Gasteiger partial charge in [-0.1, -0.05) is 37.3 Å². The van der Waals surface area contributed by atoms with Crippen LogP contribution in [0.15, 0.2) is 48.7 Å². The molecule has 0 radical (unpaired) electrons. The van der Waals surface area contributed by atoms with Crippen molar-refractivity contribution in [2.24, 2.45) is 0 Å². The Hall–Kier alpha value is -3.28. The summed E-state index contributed by atoms with van der Waals surface area (Å²) in [4.78, 5) is 12.6. The number of ether oxygens (including phenoxy) is 2. The number of aromatic nitrogens is 2. The van der Waals surface area contributed by atoms with Crippen LogP contribution in [0.4, 0.5) is 0 Å². The third kappa shape index (κ3) is 3.13. The summed E-state index contributed by atoms with van der Waals surface area (Å²) in [5.41, 5.74) is 4.38. The average Bonchev–Trinajstić information content (AvgIpc) is 3.35. The van der Waals surface area contributed by atoms with Crippen LogP contribution in [-0.2, 0) is 13.0 Å². The van der Waals surface area contributed by atoms with Gasteiger partial charge in [-0.25, -0.2) is 0 Å². The highest BCUT2D eigenvalue weighted by Crippen LogP contribution is 2.32. The molecule has 0 spiro atoms. The second-order valence-electron chi connectivity index (χ2n) is 6.08. The van der Waals surface area contributed by atoms with Gasteiger partial charge in [0, 0.05) is 12.1 Å². The van der Waals surface area contributed by atoms with E-state index in [-0.39, 0.29) is 12.7 Å². The van der Waals surface area contributed by atoms with Crippen LogP contribution in [0.1, 0.15) is 28.4 Å². The number of fused-ring (bicyclic) bond motifs is 1. The fourth-order valence-electron chi connectivity index (χ4n) is 2.91. The Balaban J connectivity index is 1.48. The van der Waals surface area contributed by atoms with Gasteiger partial charge in [0.15, 0.2) is 11.5 Å². The standard InChI is InChI=1S/C20H19N3O3/c1-2-13-3-6-15(7-4-13)19-16(11-22-23-19)20(24)21-10-14-5-8-17-18(9-14)26-12-25-17/h3-9,11H,2,10,12H2,1H3,(H,21,24)(H,22,23). The number of amides is 1. The SMILES string of the molecule is CCc1ccc(-c2[nH]ncc2C(=O)NCc2ccc3c(c2)OCO3)cc1. The van der Waals surface area contributed by atoms with Gasteiger partial charge in [0.2, 0.25) is 6.79 Å². The Bertz CT molecular complexity index is 932. The first-order valence-corrected chi connectivity index (χ1v) is 8.54. The number of carbonyl (C=O) groups excluding carboxylic acids is 1. The molecule has 0 saturated carbocycles. The van der Waals surface area contributed by atoms with E-state index in [0.29, 0.717) is 17.9 Å². The van der Waals surface area contributed by atoms with E-state index in [2.05, 4.69) is 34.6 Å². The second-order valence-corrected chi connectivity index (χ2v) is 6.08. The molecule has 3 aromatic rings. The Morgan fingerprint density at radius 1 is 1.12 bits per heavy atom. The fourth-order valence-corrected chi connectivity index (χ4v) is 2.91. The van der Waals surface area contributed by atoms with Crippen LogP contribution in [0.5, 0.6) is 11.5 Å². The van der Waals surface area contributed by atoms with E-state index in [1.54, 1.807) is 6.20 Å². The molecule has 2 N–H and O–H groups in total. The lowest BCUT2D eigenvalue weighted by Crippen LogP contribution is -2.22. The summed E-state index contributed by atoms with van der Waals surface area (Å²) in [6.07, 6.45) is 2.53. The van der Waals surface area contributed by atoms with Crippen molar-refractivity contribution in [1.82, 2.24) is 15.5 Å². The minimum absolute atomic E-state index is 0.175. The predicted octanol–water partition coefficient (Wildman–Crippen LogP) is 3.30. The minimum Gasteiger partial charge on any atom is -0.454 e. The maximum atomic E-state index is 12.6. The lowest BCUT2D eigenvalue weighted by Gasteiger charge is -2.07. The second kappa shape index (κ2) is 6.92. The number of rotatable bonds is 5. The van der Waals surface area contributed by atoms with Gasteiger partial charge in [0.25, 0.3) is 5.91 Å². The Labute approximate surface area is 151 Å². The van der Waals surface area contributed by atoms with Crippen molar-refractivity contribution in [3.05, 3.63) is 65.4 Å². The van der Waals surface area contributed by atoms with Crippen LogP contribution in [0, 0.1) is 0 Å². The predicted molar refractivity (Wildman–Crippen MR) is 97.1 cm³/mol. The zero-order valence-electron chi connectivity index (χ0n) is 14.4. The van der Waals surface area contributed by atoms with Crippen molar-refractivity contribution >= 4 is 5.91 Å². The molecular formula is C20H19N3O3. The minimum atomic E-state index is -0.175. The van der Waals surface area contributed by atoms with Crippen molar-refractivity contribution in [3.8, 4) is 22.8 Å². The number of nitrogens with one attached hydrogen (secondary N) is 2. The molecular weight excluding hydrogens is 330 g/mol. The topological polar surface area (TPSA) is 76.2 Å². The van der Waals surface area contributed by atoms with E-state index in [1.165, 1.54) is 5.56 Å². The molecule has 1 aromatic heterocycles. The lowest BCUT2D eigenvalue weighted by molar-refractivity contribution is 0.0951. The summed E-state index contributed by atoms with van der Waals surface area (Å²) < 4.78 is 10.7. The van der Waals surface area contributed by atoms with E-state index < -0.39 is 0 Å². The first-order chi connectivity index (χ1) is 12.7. The quantitative estimate of drug-likeness (QED) is 0.741. The first kappa shape index (κ1) is 16.2. The van der Waals surface area contributed by atoms with Crippen LogP contribution >= 0.6 is 0 Å². The van der Waals surface area contributed by atoms with E-state index in [1.807, 2.05) is 30.3 Å². The van der Waals surface area contributed by atoms with Gasteiger partial charge < -0.3 is 14.8 Å². The highest BCUT2D eigenvalue weighted by Gasteiger charge is 2.16. The zero-order valence-corrected chi connectivity index (χ0v) is 14.4. The third-order valence-electron chi connectivity index (χ3n) is 4.42. The van der Waals surface area contributed by atoms with Crippen LogP contribution < -0.4 is 14.8 Å². The normalized spacial score (nSPS) is 12.2. The van der Waals surface area contributed by atoms with Crippen molar-refractivity contribution < 1.29 is 14.3 Å². The molecule has 1 aliphatic heterocycles. The number of benzene rings is 2. The van der Waals surface area contributed by atoms with Gasteiger partial charge in [-0.05, 0) is 29.7 Å². The molecule has 0 atom stereocenters. The molecule has 0 fully saturated rings. The van der Waals surface area contributed by atoms with Crippen LogP contribution in [-0.4, -0.2) is 22.9 Å². The van der Waals surface area contributed by atoms with Crippen molar-refractivity contribution in [3.63, 3.8) is 0 Å². The molecule has 6 heteroatoms. The van der Waals surface area contributed by atoms with Gasteiger partial charge >= 0.3 is 0 Å². The van der Waals surface area contributed by atoms with Gasteiger partial charge in [-0.3, -0.25) is 9.89 Å². The van der Waals surface area contributed by atoms with E-state index in [4.69, 9.17) is 9.47 Å². The van der Waals surface area contributed by atoms with Crippen LogP contribution in [0.25, 0.3) is 11.3 Å². The molecule has 0 bridgehead atoms. The van der Waals surface area contributed by atoms with Gasteiger partial charge in [-0.15, -0.1) is 0 Å². The molecule has 26 heavy (non-hydrogen) atoms. The summed E-state index contributed by atoms with van der Waals surface area (Å²) in [5, 5.41) is 9.90. The smallest absolute Gasteiger partial charge is 0.255 e. The number of nitrogens with zero attached hydrogens (tertiary/aromatic N) is 1. The third-order valence-corrected chi connectivity index (χ3v) is 4.42. The molecule has 0 aliphatic carbocycles. The molecule has 1 amide bonds. The molecule has 1 aliphatic rings. The van der Waals surface area contributed by atoms with Gasteiger partial charge in [-0.2, -0.15) is 5.10 Å². The highest BCUT2D eigenvalue weighted by atomic mass is 16.7. The first-order valence-electron chi connectivity index (χ1n) is 8.54.